The molecule has 0 aromatic heterocycles. The van der Waals surface area contributed by atoms with E-state index in [0.29, 0.717) is 5.54 Å². The van der Waals surface area contributed by atoms with Crippen LogP contribution in [0, 0.1) is 12.8 Å². The van der Waals surface area contributed by atoms with E-state index in [0.717, 1.165) is 18.9 Å². The highest BCUT2D eigenvalue weighted by Gasteiger charge is 2.39. The summed E-state index contributed by atoms with van der Waals surface area (Å²) in [5, 5.41) is 4.92. The van der Waals surface area contributed by atoms with E-state index < -0.39 is 0 Å². The summed E-state index contributed by atoms with van der Waals surface area (Å²) < 4.78 is 0. The summed E-state index contributed by atoms with van der Waals surface area (Å²) >= 11 is 1.93. The van der Waals surface area contributed by atoms with Gasteiger partial charge in [0.05, 0.1) is 0 Å². The maximum Gasteiger partial charge on any atom is 0.157 e. The molecule has 1 spiro atoms. The summed E-state index contributed by atoms with van der Waals surface area (Å²) in [7, 11) is 0. The van der Waals surface area contributed by atoms with Crippen molar-refractivity contribution in [1.29, 1.82) is 0 Å². The minimum absolute atomic E-state index is 0.360. The Bertz CT molecular complexity index is 516. The Labute approximate surface area is 132 Å². The van der Waals surface area contributed by atoms with Gasteiger partial charge in [-0.1, -0.05) is 48.5 Å². The molecule has 21 heavy (non-hydrogen) atoms. The lowest BCUT2D eigenvalue weighted by atomic mass is 9.78. The summed E-state index contributed by atoms with van der Waals surface area (Å²) in [6.07, 6.45) is 6.40. The van der Waals surface area contributed by atoms with Crippen LogP contribution in [0.3, 0.4) is 0 Å². The Morgan fingerprint density at radius 2 is 2.14 bits per heavy atom. The van der Waals surface area contributed by atoms with E-state index in [4.69, 9.17) is 4.99 Å². The topological polar surface area (TPSA) is 24.4 Å². The summed E-state index contributed by atoms with van der Waals surface area (Å²) in [5.41, 5.74) is 3.09. The molecule has 0 amide bonds. The van der Waals surface area contributed by atoms with E-state index in [1.54, 1.807) is 0 Å². The molecule has 1 aromatic rings. The SMILES string of the molecule is Cc1cccc(CCN=C2NC3(CCC(C)CC3)CS2)c1. The van der Waals surface area contributed by atoms with Crippen molar-refractivity contribution in [2.45, 2.75) is 51.5 Å². The molecular weight excluding hydrogens is 276 g/mol. The fourth-order valence-corrected chi connectivity index (χ4v) is 4.57. The smallest absolute Gasteiger partial charge is 0.157 e. The zero-order valence-electron chi connectivity index (χ0n) is 13.2. The van der Waals surface area contributed by atoms with Gasteiger partial charge in [-0.2, -0.15) is 0 Å². The third-order valence-corrected chi connectivity index (χ3v) is 6.03. The van der Waals surface area contributed by atoms with Crippen molar-refractivity contribution in [3.8, 4) is 0 Å². The molecule has 0 atom stereocenters. The molecular formula is C18H26N2S. The first-order chi connectivity index (χ1) is 10.2. The summed E-state index contributed by atoms with van der Waals surface area (Å²) in [6, 6.07) is 8.75. The summed E-state index contributed by atoms with van der Waals surface area (Å²) in [4.78, 5) is 4.79. The van der Waals surface area contributed by atoms with Gasteiger partial charge in [0.25, 0.3) is 0 Å². The van der Waals surface area contributed by atoms with Gasteiger partial charge in [-0.05, 0) is 50.5 Å². The normalized spacial score (nSPS) is 30.8. The van der Waals surface area contributed by atoms with Crippen molar-refractivity contribution in [2.75, 3.05) is 12.3 Å². The average Bonchev–Trinajstić information content (AvgIpc) is 2.86. The monoisotopic (exact) mass is 302 g/mol. The third-order valence-electron chi connectivity index (χ3n) is 4.83. The number of rotatable bonds is 3. The van der Waals surface area contributed by atoms with E-state index in [-0.39, 0.29) is 0 Å². The van der Waals surface area contributed by atoms with Crippen molar-refractivity contribution < 1.29 is 0 Å². The molecule has 1 N–H and O–H groups in total. The number of hydrogen-bond donors (Lipinski definition) is 1. The van der Waals surface area contributed by atoms with Crippen LogP contribution in [0.5, 0.6) is 0 Å². The number of aryl methyl sites for hydroxylation is 1. The van der Waals surface area contributed by atoms with Gasteiger partial charge in [0.15, 0.2) is 5.17 Å². The Balaban J connectivity index is 1.52. The van der Waals surface area contributed by atoms with Gasteiger partial charge in [0.1, 0.15) is 0 Å². The number of hydrogen-bond acceptors (Lipinski definition) is 2. The second-order valence-electron chi connectivity index (χ2n) is 6.80. The quantitative estimate of drug-likeness (QED) is 0.906. The highest BCUT2D eigenvalue weighted by molar-refractivity contribution is 8.14. The largest absolute Gasteiger partial charge is 0.359 e. The van der Waals surface area contributed by atoms with Gasteiger partial charge >= 0.3 is 0 Å². The molecule has 0 bridgehead atoms. The lowest BCUT2D eigenvalue weighted by molar-refractivity contribution is 0.251. The minimum Gasteiger partial charge on any atom is -0.359 e. The molecule has 1 saturated carbocycles. The standard InChI is InChI=1S/C18H26N2S/c1-14-6-9-18(10-7-14)13-21-17(20-18)19-11-8-16-5-3-4-15(2)12-16/h3-5,12,14H,6-11,13H2,1-2H3,(H,19,20). The maximum absolute atomic E-state index is 4.79. The van der Waals surface area contributed by atoms with Crippen LogP contribution in [-0.4, -0.2) is 23.0 Å². The van der Waals surface area contributed by atoms with Crippen LogP contribution in [0.25, 0.3) is 0 Å². The molecule has 1 aliphatic carbocycles. The van der Waals surface area contributed by atoms with Gasteiger partial charge in [0, 0.05) is 17.8 Å². The second-order valence-corrected chi connectivity index (χ2v) is 7.77. The summed E-state index contributed by atoms with van der Waals surface area (Å²) in [5.74, 6) is 2.12. The second kappa shape index (κ2) is 6.43. The first-order valence-corrected chi connectivity index (χ1v) is 9.15. The van der Waals surface area contributed by atoms with Gasteiger partial charge in [-0.15, -0.1) is 0 Å². The Morgan fingerprint density at radius 3 is 2.90 bits per heavy atom. The Morgan fingerprint density at radius 1 is 1.33 bits per heavy atom. The lowest BCUT2D eigenvalue weighted by Gasteiger charge is -2.35. The van der Waals surface area contributed by atoms with Crippen molar-refractivity contribution in [3.05, 3.63) is 35.4 Å². The van der Waals surface area contributed by atoms with Crippen molar-refractivity contribution >= 4 is 16.9 Å². The predicted octanol–water partition coefficient (Wildman–Crippen LogP) is 4.18. The fourth-order valence-electron chi connectivity index (χ4n) is 3.33. The Kier molecular flexibility index (Phi) is 4.58. The molecule has 3 heteroatoms. The van der Waals surface area contributed by atoms with Crippen LogP contribution in [0.4, 0.5) is 0 Å². The zero-order valence-corrected chi connectivity index (χ0v) is 14.0. The van der Waals surface area contributed by atoms with E-state index in [2.05, 4.69) is 43.4 Å². The number of nitrogens with one attached hydrogen (secondary N) is 1. The third kappa shape index (κ3) is 3.82. The first-order valence-electron chi connectivity index (χ1n) is 8.16. The predicted molar refractivity (Wildman–Crippen MR) is 93.1 cm³/mol. The molecule has 1 aromatic carbocycles. The van der Waals surface area contributed by atoms with E-state index >= 15 is 0 Å². The average molecular weight is 302 g/mol. The van der Waals surface area contributed by atoms with Crippen LogP contribution >= 0.6 is 11.8 Å². The number of aliphatic imine (C=N–C) groups is 1. The van der Waals surface area contributed by atoms with Crippen LogP contribution in [-0.2, 0) is 6.42 Å². The van der Waals surface area contributed by atoms with Crippen LogP contribution in [0.15, 0.2) is 29.3 Å². The highest BCUT2D eigenvalue weighted by atomic mass is 32.2. The van der Waals surface area contributed by atoms with Crippen molar-refractivity contribution in [3.63, 3.8) is 0 Å². The maximum atomic E-state index is 4.79. The van der Waals surface area contributed by atoms with E-state index in [1.807, 2.05) is 11.8 Å². The van der Waals surface area contributed by atoms with E-state index in [1.165, 1.54) is 47.7 Å². The number of amidine groups is 1. The lowest BCUT2D eigenvalue weighted by Crippen LogP contribution is -2.46. The fraction of sp³-hybridized carbons (Fsp3) is 0.611. The van der Waals surface area contributed by atoms with Crippen LogP contribution < -0.4 is 5.32 Å². The number of thioether (sulfide) groups is 1. The summed E-state index contributed by atoms with van der Waals surface area (Å²) in [6.45, 7) is 5.43. The van der Waals surface area contributed by atoms with Gasteiger partial charge in [-0.3, -0.25) is 4.99 Å². The molecule has 2 fully saturated rings. The van der Waals surface area contributed by atoms with Crippen LogP contribution in [0.1, 0.15) is 43.7 Å². The molecule has 2 nitrogen and oxygen atoms in total. The number of benzene rings is 1. The highest BCUT2D eigenvalue weighted by Crippen LogP contribution is 2.38. The van der Waals surface area contributed by atoms with Gasteiger partial charge in [0.2, 0.25) is 0 Å². The molecule has 2 aliphatic rings. The molecule has 1 saturated heterocycles. The van der Waals surface area contributed by atoms with Crippen LogP contribution in [0.2, 0.25) is 0 Å². The zero-order chi connectivity index (χ0) is 14.7. The minimum atomic E-state index is 0.360. The Hall–Kier alpha value is -0.960. The van der Waals surface area contributed by atoms with Gasteiger partial charge in [-0.25, -0.2) is 0 Å². The molecule has 1 aliphatic heterocycles. The molecule has 3 rings (SSSR count). The number of nitrogens with zero attached hydrogens (tertiary/aromatic N) is 1. The first kappa shape index (κ1) is 15.0. The van der Waals surface area contributed by atoms with Crippen molar-refractivity contribution in [2.24, 2.45) is 10.9 Å². The molecule has 0 radical (unpaired) electrons. The molecule has 0 unspecified atom stereocenters. The van der Waals surface area contributed by atoms with Crippen molar-refractivity contribution in [1.82, 2.24) is 5.32 Å². The molecule has 114 valence electrons. The molecule has 1 heterocycles. The van der Waals surface area contributed by atoms with Gasteiger partial charge < -0.3 is 5.32 Å². The van der Waals surface area contributed by atoms with E-state index in [9.17, 15) is 0 Å².